The van der Waals surface area contributed by atoms with Gasteiger partial charge in [-0.25, -0.2) is 9.96 Å². The van der Waals surface area contributed by atoms with E-state index in [0.717, 1.165) is 11.3 Å². The topological polar surface area (TPSA) is 79.3 Å². The summed E-state index contributed by atoms with van der Waals surface area (Å²) in [6.45, 7) is 1.86. The van der Waals surface area contributed by atoms with Crippen LogP contribution in [0.1, 0.15) is 17.2 Å². The Labute approximate surface area is 185 Å². The van der Waals surface area contributed by atoms with Crippen LogP contribution < -0.4 is 14.7 Å². The van der Waals surface area contributed by atoms with E-state index >= 15 is 0 Å². The largest absolute Gasteiger partial charge is 0.504 e. The highest BCUT2D eigenvalue weighted by Crippen LogP contribution is 2.48. The number of hydrogen-bond acceptors (Lipinski definition) is 6. The first-order valence-corrected chi connectivity index (χ1v) is 10.3. The molecule has 7 heteroatoms. The number of hydroxylamine groups is 1. The summed E-state index contributed by atoms with van der Waals surface area (Å²) in [6.07, 6.45) is -0.952. The number of carbonyl (C=O) groups is 2. The first kappa shape index (κ1) is 20.1. The Hall–Kier alpha value is -3.84. The van der Waals surface area contributed by atoms with Crippen molar-refractivity contribution in [1.82, 2.24) is 0 Å². The Kier molecular flexibility index (Phi) is 4.83. The van der Waals surface area contributed by atoms with Crippen molar-refractivity contribution in [3.63, 3.8) is 0 Å². The molecule has 162 valence electrons. The Balaban J connectivity index is 1.62. The number of rotatable bonds is 4. The molecular weight excluding hydrogens is 408 g/mol. The average Bonchev–Trinajstić information content (AvgIpc) is 3.31. The highest BCUT2D eigenvalue weighted by molar-refractivity contribution is 6.24. The standard InChI is InChI=1S/C25H22N2O5/c1-15-8-6-7-11-18(15)26-24(29)21-22(16-12-13-19(28)20(14-16)31-2)27(32-23(21)25(26)30)17-9-4-3-5-10-17/h3-14,21-23,28H,1-2H3/t21-,22+,23-/m0/s1. The van der Waals surface area contributed by atoms with Crippen LogP contribution in [0.4, 0.5) is 11.4 Å². The molecule has 0 radical (unpaired) electrons. The zero-order chi connectivity index (χ0) is 22.4. The van der Waals surface area contributed by atoms with Gasteiger partial charge in [0.15, 0.2) is 17.6 Å². The van der Waals surface area contributed by atoms with Crippen molar-refractivity contribution in [2.24, 2.45) is 5.92 Å². The Bertz CT molecular complexity index is 1200. The molecule has 5 rings (SSSR count). The van der Waals surface area contributed by atoms with Crippen LogP contribution in [0.2, 0.25) is 0 Å². The zero-order valence-corrected chi connectivity index (χ0v) is 17.6. The maximum Gasteiger partial charge on any atom is 0.266 e. The fraction of sp³-hybridized carbons (Fsp3) is 0.200. The molecule has 0 aliphatic carbocycles. The van der Waals surface area contributed by atoms with E-state index in [4.69, 9.17) is 9.57 Å². The second kappa shape index (κ2) is 7.69. The van der Waals surface area contributed by atoms with Crippen molar-refractivity contribution < 1.29 is 24.3 Å². The van der Waals surface area contributed by atoms with E-state index in [2.05, 4.69) is 0 Å². The molecule has 0 spiro atoms. The number of nitrogens with zero attached hydrogens (tertiary/aromatic N) is 2. The maximum absolute atomic E-state index is 13.6. The lowest BCUT2D eigenvalue weighted by Gasteiger charge is -2.29. The van der Waals surface area contributed by atoms with Gasteiger partial charge in [0, 0.05) is 0 Å². The van der Waals surface area contributed by atoms with E-state index in [1.165, 1.54) is 18.1 Å². The summed E-state index contributed by atoms with van der Waals surface area (Å²) in [5.74, 6) is -1.18. The Morgan fingerprint density at radius 1 is 0.938 bits per heavy atom. The molecule has 3 aromatic rings. The summed E-state index contributed by atoms with van der Waals surface area (Å²) >= 11 is 0. The number of phenols is 1. The van der Waals surface area contributed by atoms with Crippen LogP contribution in [0.25, 0.3) is 0 Å². The molecular formula is C25H22N2O5. The highest BCUT2D eigenvalue weighted by atomic mass is 16.7. The summed E-state index contributed by atoms with van der Waals surface area (Å²) in [7, 11) is 1.46. The lowest BCUT2D eigenvalue weighted by molar-refractivity contribution is -0.126. The SMILES string of the molecule is COc1cc([C@@H]2[C@@H]3C(=O)N(c4ccccc4C)C(=O)[C@H]3ON2c2ccccc2)ccc1O. The normalized spacial score (nSPS) is 22.4. The smallest absolute Gasteiger partial charge is 0.266 e. The second-order valence-electron chi connectivity index (χ2n) is 7.89. The minimum absolute atomic E-state index is 0.00617. The highest BCUT2D eigenvalue weighted by Gasteiger charge is 2.60. The van der Waals surface area contributed by atoms with Crippen LogP contribution in [-0.2, 0) is 14.4 Å². The van der Waals surface area contributed by atoms with Crippen molar-refractivity contribution in [2.45, 2.75) is 19.1 Å². The number of phenolic OH excluding ortho intramolecular Hbond substituents is 1. The van der Waals surface area contributed by atoms with Gasteiger partial charge in [-0.15, -0.1) is 0 Å². The van der Waals surface area contributed by atoms with Gasteiger partial charge in [0.05, 0.1) is 24.5 Å². The summed E-state index contributed by atoms with van der Waals surface area (Å²) in [5.41, 5.74) is 2.82. The maximum atomic E-state index is 13.6. The molecule has 7 nitrogen and oxygen atoms in total. The molecule has 1 N–H and O–H groups in total. The number of aryl methyl sites for hydroxylation is 1. The summed E-state index contributed by atoms with van der Waals surface area (Å²) < 4.78 is 5.28. The number of benzene rings is 3. The third kappa shape index (κ3) is 3.01. The van der Waals surface area contributed by atoms with Gasteiger partial charge in [-0.05, 0) is 48.4 Å². The predicted molar refractivity (Wildman–Crippen MR) is 118 cm³/mol. The third-order valence-electron chi connectivity index (χ3n) is 6.03. The van der Waals surface area contributed by atoms with Crippen molar-refractivity contribution in [1.29, 1.82) is 0 Å². The lowest BCUT2D eigenvalue weighted by atomic mass is 9.90. The van der Waals surface area contributed by atoms with Crippen LogP contribution in [-0.4, -0.2) is 30.1 Å². The fourth-order valence-corrected chi connectivity index (χ4v) is 4.48. The molecule has 0 aromatic heterocycles. The van der Waals surface area contributed by atoms with E-state index in [-0.39, 0.29) is 23.3 Å². The number of methoxy groups -OCH3 is 1. The first-order chi connectivity index (χ1) is 15.5. The molecule has 32 heavy (non-hydrogen) atoms. The number of hydrogen-bond donors (Lipinski definition) is 1. The first-order valence-electron chi connectivity index (χ1n) is 10.3. The van der Waals surface area contributed by atoms with Gasteiger partial charge in [-0.1, -0.05) is 42.5 Å². The van der Waals surface area contributed by atoms with E-state index in [1.54, 1.807) is 29.3 Å². The number of para-hydroxylation sites is 2. The van der Waals surface area contributed by atoms with Crippen LogP contribution in [0.15, 0.2) is 72.8 Å². The van der Waals surface area contributed by atoms with Gasteiger partial charge >= 0.3 is 0 Å². The number of ether oxygens (including phenoxy) is 1. The zero-order valence-electron chi connectivity index (χ0n) is 17.6. The minimum Gasteiger partial charge on any atom is -0.504 e. The number of imide groups is 1. The number of carbonyl (C=O) groups excluding carboxylic acids is 2. The summed E-state index contributed by atoms with van der Waals surface area (Å²) in [5, 5.41) is 11.7. The van der Waals surface area contributed by atoms with Crippen molar-refractivity contribution in [3.05, 3.63) is 83.9 Å². The van der Waals surface area contributed by atoms with Gasteiger partial charge < -0.3 is 9.84 Å². The molecule has 0 bridgehead atoms. The van der Waals surface area contributed by atoms with Crippen molar-refractivity contribution >= 4 is 23.2 Å². The van der Waals surface area contributed by atoms with E-state index < -0.39 is 18.1 Å². The lowest BCUT2D eigenvalue weighted by Crippen LogP contribution is -2.37. The molecule has 3 aromatic carbocycles. The van der Waals surface area contributed by atoms with Crippen LogP contribution in [0.5, 0.6) is 11.5 Å². The van der Waals surface area contributed by atoms with Crippen LogP contribution in [0, 0.1) is 12.8 Å². The van der Waals surface area contributed by atoms with Crippen molar-refractivity contribution in [2.75, 3.05) is 17.1 Å². The van der Waals surface area contributed by atoms with Gasteiger partial charge in [0.25, 0.3) is 5.91 Å². The molecule has 3 atom stereocenters. The predicted octanol–water partition coefficient (Wildman–Crippen LogP) is 3.76. The van der Waals surface area contributed by atoms with Crippen LogP contribution >= 0.6 is 0 Å². The number of aromatic hydroxyl groups is 1. The van der Waals surface area contributed by atoms with Gasteiger partial charge in [0.2, 0.25) is 5.91 Å². The monoisotopic (exact) mass is 430 g/mol. The fourth-order valence-electron chi connectivity index (χ4n) is 4.48. The summed E-state index contributed by atoms with van der Waals surface area (Å²) in [4.78, 5) is 34.4. The Morgan fingerprint density at radius 2 is 1.66 bits per heavy atom. The van der Waals surface area contributed by atoms with Crippen molar-refractivity contribution in [3.8, 4) is 11.5 Å². The molecule has 0 saturated carbocycles. The quantitative estimate of drug-likeness (QED) is 0.635. The molecule has 2 aliphatic heterocycles. The van der Waals surface area contributed by atoms with E-state index in [0.29, 0.717) is 11.3 Å². The second-order valence-corrected chi connectivity index (χ2v) is 7.89. The molecule has 2 saturated heterocycles. The van der Waals surface area contributed by atoms with Gasteiger partial charge in [-0.2, -0.15) is 0 Å². The number of anilines is 2. The third-order valence-corrected chi connectivity index (χ3v) is 6.03. The van der Waals surface area contributed by atoms with E-state index in [1.807, 2.05) is 49.4 Å². The molecule has 2 aliphatic rings. The van der Waals surface area contributed by atoms with Gasteiger partial charge in [0.1, 0.15) is 5.92 Å². The van der Waals surface area contributed by atoms with Crippen LogP contribution in [0.3, 0.4) is 0 Å². The molecule has 2 heterocycles. The number of fused-ring (bicyclic) bond motifs is 1. The average molecular weight is 430 g/mol. The minimum atomic E-state index is -0.952. The molecule has 2 amide bonds. The summed E-state index contributed by atoms with van der Waals surface area (Å²) in [6, 6.07) is 21.0. The number of amides is 2. The van der Waals surface area contributed by atoms with E-state index in [9.17, 15) is 14.7 Å². The molecule has 2 fully saturated rings. The molecule has 0 unspecified atom stereocenters. The Morgan fingerprint density at radius 3 is 2.38 bits per heavy atom. The van der Waals surface area contributed by atoms with Gasteiger partial charge in [-0.3, -0.25) is 14.4 Å².